The van der Waals surface area contributed by atoms with E-state index in [1.807, 2.05) is 13.8 Å². The second kappa shape index (κ2) is 7.12. The van der Waals surface area contributed by atoms with Crippen molar-refractivity contribution in [2.75, 3.05) is 6.26 Å². The quantitative estimate of drug-likeness (QED) is 0.742. The zero-order chi connectivity index (χ0) is 14.4. The van der Waals surface area contributed by atoms with Gasteiger partial charge in [-0.1, -0.05) is 53.4 Å². The average molecular weight is 277 g/mol. The number of rotatable bonds is 8. The van der Waals surface area contributed by atoms with Gasteiger partial charge in [-0.2, -0.15) is 0 Å². The standard InChI is InChI=1S/C13H27NO3S/c1-6-8-11(9-7-2)10-13(3,4)12(15)14-18(5,16)17/h11H,6-10H2,1-5H3,(H,14,15). The van der Waals surface area contributed by atoms with Crippen molar-refractivity contribution in [1.29, 1.82) is 0 Å². The van der Waals surface area contributed by atoms with Crippen LogP contribution in [-0.2, 0) is 14.8 Å². The van der Waals surface area contributed by atoms with Gasteiger partial charge in [-0.25, -0.2) is 8.42 Å². The summed E-state index contributed by atoms with van der Waals surface area (Å²) in [5.74, 6) is 0.0857. The molecule has 18 heavy (non-hydrogen) atoms. The summed E-state index contributed by atoms with van der Waals surface area (Å²) in [7, 11) is -3.47. The van der Waals surface area contributed by atoms with E-state index in [1.54, 1.807) is 0 Å². The van der Waals surface area contributed by atoms with Crippen LogP contribution in [0.3, 0.4) is 0 Å². The molecule has 0 rings (SSSR count). The highest BCUT2D eigenvalue weighted by Crippen LogP contribution is 2.31. The molecule has 0 saturated carbocycles. The van der Waals surface area contributed by atoms with E-state index in [1.165, 1.54) is 0 Å². The summed E-state index contributed by atoms with van der Waals surface area (Å²) in [6.07, 6.45) is 6.10. The second-order valence-electron chi connectivity index (χ2n) is 5.73. The maximum atomic E-state index is 11.9. The number of nitrogens with one attached hydrogen (secondary N) is 1. The monoisotopic (exact) mass is 277 g/mol. The highest BCUT2D eigenvalue weighted by molar-refractivity contribution is 7.89. The molecule has 0 unspecified atom stereocenters. The zero-order valence-corrected chi connectivity index (χ0v) is 13.1. The Labute approximate surface area is 112 Å². The molecule has 0 atom stereocenters. The van der Waals surface area contributed by atoms with Crippen molar-refractivity contribution in [3.63, 3.8) is 0 Å². The van der Waals surface area contributed by atoms with Crippen molar-refractivity contribution in [2.45, 2.75) is 59.8 Å². The third kappa shape index (κ3) is 6.99. The molecule has 1 amide bonds. The molecule has 0 aromatic carbocycles. The maximum absolute atomic E-state index is 11.9. The normalized spacial score (nSPS) is 12.8. The van der Waals surface area contributed by atoms with Crippen LogP contribution in [0, 0.1) is 11.3 Å². The van der Waals surface area contributed by atoms with Gasteiger partial charge in [0, 0.05) is 5.41 Å². The third-order valence-corrected chi connectivity index (χ3v) is 3.64. The van der Waals surface area contributed by atoms with Crippen LogP contribution in [0.5, 0.6) is 0 Å². The Hall–Kier alpha value is -0.580. The topological polar surface area (TPSA) is 63.2 Å². The molecule has 0 radical (unpaired) electrons. The number of sulfonamides is 1. The van der Waals surface area contributed by atoms with Crippen molar-refractivity contribution in [3.05, 3.63) is 0 Å². The number of hydrogen-bond acceptors (Lipinski definition) is 3. The Kier molecular flexibility index (Phi) is 6.89. The van der Waals surface area contributed by atoms with Crippen molar-refractivity contribution in [1.82, 2.24) is 4.72 Å². The minimum absolute atomic E-state index is 0.401. The molecule has 5 heteroatoms. The molecule has 0 heterocycles. The first-order valence-electron chi connectivity index (χ1n) is 6.64. The van der Waals surface area contributed by atoms with Gasteiger partial charge < -0.3 is 0 Å². The lowest BCUT2D eigenvalue weighted by molar-refractivity contribution is -0.128. The molecule has 0 aliphatic heterocycles. The fraction of sp³-hybridized carbons (Fsp3) is 0.923. The summed E-state index contributed by atoms with van der Waals surface area (Å²) in [6.45, 7) is 7.89. The molecule has 0 aliphatic carbocycles. The van der Waals surface area contributed by atoms with Gasteiger partial charge in [0.15, 0.2) is 0 Å². The van der Waals surface area contributed by atoms with Crippen LogP contribution in [0.25, 0.3) is 0 Å². The van der Waals surface area contributed by atoms with E-state index in [-0.39, 0.29) is 0 Å². The molecular formula is C13H27NO3S. The predicted molar refractivity (Wildman–Crippen MR) is 74.7 cm³/mol. The van der Waals surface area contributed by atoms with Gasteiger partial charge in [0.2, 0.25) is 15.9 Å². The molecule has 0 spiro atoms. The first-order chi connectivity index (χ1) is 8.12. The molecule has 0 aromatic heterocycles. The molecule has 0 fully saturated rings. The summed E-state index contributed by atoms with van der Waals surface area (Å²) >= 11 is 0. The van der Waals surface area contributed by atoms with Crippen LogP contribution in [0.2, 0.25) is 0 Å². The first kappa shape index (κ1) is 17.4. The minimum Gasteiger partial charge on any atom is -0.273 e. The SMILES string of the molecule is CCCC(CCC)CC(C)(C)C(=O)NS(C)(=O)=O. The molecule has 0 bridgehead atoms. The van der Waals surface area contributed by atoms with E-state index in [0.717, 1.165) is 38.4 Å². The largest absolute Gasteiger partial charge is 0.273 e. The van der Waals surface area contributed by atoms with Gasteiger partial charge in [0.25, 0.3) is 0 Å². The van der Waals surface area contributed by atoms with E-state index < -0.39 is 21.3 Å². The van der Waals surface area contributed by atoms with Crippen molar-refractivity contribution >= 4 is 15.9 Å². The number of amides is 1. The Morgan fingerprint density at radius 2 is 1.61 bits per heavy atom. The van der Waals surface area contributed by atoms with Crippen molar-refractivity contribution in [2.24, 2.45) is 11.3 Å². The Bertz CT molecular complexity index is 354. The highest BCUT2D eigenvalue weighted by Gasteiger charge is 2.31. The Morgan fingerprint density at radius 3 is 1.94 bits per heavy atom. The average Bonchev–Trinajstić information content (AvgIpc) is 2.15. The molecular weight excluding hydrogens is 250 g/mol. The molecule has 108 valence electrons. The van der Waals surface area contributed by atoms with Crippen LogP contribution in [0.1, 0.15) is 59.8 Å². The van der Waals surface area contributed by atoms with Crippen LogP contribution < -0.4 is 4.72 Å². The molecule has 0 saturated heterocycles. The smallest absolute Gasteiger partial charge is 0.239 e. The van der Waals surface area contributed by atoms with Gasteiger partial charge in [-0.15, -0.1) is 0 Å². The fourth-order valence-electron chi connectivity index (χ4n) is 2.29. The molecule has 0 aliphatic rings. The number of hydrogen-bond donors (Lipinski definition) is 1. The second-order valence-corrected chi connectivity index (χ2v) is 7.48. The lowest BCUT2D eigenvalue weighted by Gasteiger charge is -2.28. The summed E-state index contributed by atoms with van der Waals surface area (Å²) in [4.78, 5) is 11.9. The fourth-order valence-corrected chi connectivity index (χ4v) is 2.90. The van der Waals surface area contributed by atoms with Crippen LogP contribution >= 0.6 is 0 Å². The van der Waals surface area contributed by atoms with Gasteiger partial charge in [0.1, 0.15) is 0 Å². The van der Waals surface area contributed by atoms with E-state index in [2.05, 4.69) is 18.6 Å². The summed E-state index contributed by atoms with van der Waals surface area (Å²) < 4.78 is 24.3. The number of carbonyl (C=O) groups is 1. The molecule has 4 nitrogen and oxygen atoms in total. The summed E-state index contributed by atoms with van der Waals surface area (Å²) in [6, 6.07) is 0. The summed E-state index contributed by atoms with van der Waals surface area (Å²) in [5.41, 5.74) is -0.641. The van der Waals surface area contributed by atoms with E-state index in [0.29, 0.717) is 5.92 Å². The third-order valence-electron chi connectivity index (χ3n) is 3.09. The van der Waals surface area contributed by atoms with Gasteiger partial charge in [0.05, 0.1) is 6.26 Å². The van der Waals surface area contributed by atoms with Gasteiger partial charge in [-0.05, 0) is 12.3 Å². The van der Waals surface area contributed by atoms with E-state index in [9.17, 15) is 13.2 Å². The zero-order valence-electron chi connectivity index (χ0n) is 12.2. The van der Waals surface area contributed by atoms with Crippen molar-refractivity contribution in [3.8, 4) is 0 Å². The van der Waals surface area contributed by atoms with Crippen LogP contribution in [0.15, 0.2) is 0 Å². The first-order valence-corrected chi connectivity index (χ1v) is 8.53. The van der Waals surface area contributed by atoms with Gasteiger partial charge in [-0.3, -0.25) is 9.52 Å². The molecule has 0 aromatic rings. The summed E-state index contributed by atoms with van der Waals surface area (Å²) in [5, 5.41) is 0. The van der Waals surface area contributed by atoms with E-state index >= 15 is 0 Å². The van der Waals surface area contributed by atoms with Crippen LogP contribution in [0.4, 0.5) is 0 Å². The lowest BCUT2D eigenvalue weighted by atomic mass is 9.79. The number of carbonyl (C=O) groups excluding carboxylic acids is 1. The maximum Gasteiger partial charge on any atom is 0.239 e. The van der Waals surface area contributed by atoms with Crippen LogP contribution in [-0.4, -0.2) is 20.6 Å². The van der Waals surface area contributed by atoms with Gasteiger partial charge >= 0.3 is 0 Å². The molecule has 1 N–H and O–H groups in total. The van der Waals surface area contributed by atoms with Crippen molar-refractivity contribution < 1.29 is 13.2 Å². The minimum atomic E-state index is -3.47. The predicted octanol–water partition coefficient (Wildman–Crippen LogP) is 2.69. The highest BCUT2D eigenvalue weighted by atomic mass is 32.2. The Morgan fingerprint density at radius 1 is 1.17 bits per heavy atom. The lowest BCUT2D eigenvalue weighted by Crippen LogP contribution is -2.41. The Balaban J connectivity index is 4.64. The van der Waals surface area contributed by atoms with E-state index in [4.69, 9.17) is 0 Å².